The molecule has 24 heavy (non-hydrogen) atoms. The number of para-hydroxylation sites is 1. The van der Waals surface area contributed by atoms with Gasteiger partial charge in [0.15, 0.2) is 6.10 Å². The monoisotopic (exact) mass is 326 g/mol. The molecule has 0 heterocycles. The zero-order valence-electron chi connectivity index (χ0n) is 14.3. The van der Waals surface area contributed by atoms with Gasteiger partial charge in [-0.3, -0.25) is 9.59 Å². The highest BCUT2D eigenvalue weighted by molar-refractivity contribution is 5.96. The molecule has 0 saturated carbocycles. The van der Waals surface area contributed by atoms with Gasteiger partial charge in [-0.1, -0.05) is 18.2 Å². The Bertz CT molecular complexity index is 719. The molecule has 0 aliphatic heterocycles. The smallest absolute Gasteiger partial charge is 0.265 e. The topological polar surface area (TPSA) is 67.4 Å². The van der Waals surface area contributed by atoms with Crippen LogP contribution in [0.4, 0.5) is 5.69 Å². The minimum absolute atomic E-state index is 0.167. The molecule has 5 heteroatoms. The maximum atomic E-state index is 12.3. The molecule has 0 saturated heterocycles. The van der Waals surface area contributed by atoms with Crippen LogP contribution in [0.5, 0.6) is 5.75 Å². The number of rotatable bonds is 5. The van der Waals surface area contributed by atoms with E-state index in [2.05, 4.69) is 10.6 Å². The van der Waals surface area contributed by atoms with E-state index in [1.807, 2.05) is 32.0 Å². The van der Waals surface area contributed by atoms with Gasteiger partial charge < -0.3 is 15.4 Å². The van der Waals surface area contributed by atoms with E-state index in [0.717, 1.165) is 16.9 Å². The van der Waals surface area contributed by atoms with Gasteiger partial charge >= 0.3 is 0 Å². The van der Waals surface area contributed by atoms with Gasteiger partial charge in [-0.25, -0.2) is 0 Å². The van der Waals surface area contributed by atoms with Gasteiger partial charge in [0.1, 0.15) is 5.75 Å². The Morgan fingerprint density at radius 1 is 1.00 bits per heavy atom. The van der Waals surface area contributed by atoms with Crippen molar-refractivity contribution in [2.75, 3.05) is 12.4 Å². The van der Waals surface area contributed by atoms with Gasteiger partial charge in [-0.05, 0) is 56.2 Å². The van der Waals surface area contributed by atoms with E-state index in [1.165, 1.54) is 0 Å². The predicted octanol–water partition coefficient (Wildman–Crippen LogP) is 3.07. The van der Waals surface area contributed by atoms with E-state index < -0.39 is 6.10 Å². The van der Waals surface area contributed by atoms with Crippen molar-refractivity contribution in [2.45, 2.75) is 26.9 Å². The van der Waals surface area contributed by atoms with Crippen LogP contribution < -0.4 is 15.4 Å². The van der Waals surface area contributed by atoms with Gasteiger partial charge in [0, 0.05) is 18.3 Å². The second kappa shape index (κ2) is 7.64. The SMILES string of the molecule is CNC(=O)c1ccc(NC(=O)C(C)Oc2c(C)cccc2C)cc1. The van der Waals surface area contributed by atoms with Crippen molar-refractivity contribution in [3.05, 3.63) is 59.2 Å². The fourth-order valence-electron chi connectivity index (χ4n) is 2.31. The molecule has 5 nitrogen and oxygen atoms in total. The quantitative estimate of drug-likeness (QED) is 0.887. The first-order valence-electron chi connectivity index (χ1n) is 7.78. The molecule has 0 aliphatic rings. The second-order valence-electron chi connectivity index (χ2n) is 5.63. The number of anilines is 1. The zero-order chi connectivity index (χ0) is 17.7. The Morgan fingerprint density at radius 2 is 1.58 bits per heavy atom. The first-order chi connectivity index (χ1) is 11.4. The minimum atomic E-state index is -0.636. The number of nitrogens with one attached hydrogen (secondary N) is 2. The summed E-state index contributed by atoms with van der Waals surface area (Å²) in [5.41, 5.74) is 3.13. The maximum absolute atomic E-state index is 12.3. The summed E-state index contributed by atoms with van der Waals surface area (Å²) in [5, 5.41) is 5.34. The van der Waals surface area contributed by atoms with Crippen LogP contribution in [0.1, 0.15) is 28.4 Å². The number of ether oxygens (including phenoxy) is 1. The van der Waals surface area contributed by atoms with Crippen molar-refractivity contribution in [1.82, 2.24) is 5.32 Å². The zero-order valence-corrected chi connectivity index (χ0v) is 14.3. The van der Waals surface area contributed by atoms with Crippen molar-refractivity contribution in [3.8, 4) is 5.75 Å². The fourth-order valence-corrected chi connectivity index (χ4v) is 2.31. The summed E-state index contributed by atoms with van der Waals surface area (Å²) < 4.78 is 5.81. The van der Waals surface area contributed by atoms with E-state index in [1.54, 1.807) is 38.2 Å². The van der Waals surface area contributed by atoms with Crippen LogP contribution in [0.2, 0.25) is 0 Å². The average molecular weight is 326 g/mol. The molecule has 0 bridgehead atoms. The van der Waals surface area contributed by atoms with Gasteiger partial charge in [-0.2, -0.15) is 0 Å². The summed E-state index contributed by atoms with van der Waals surface area (Å²) in [6.07, 6.45) is -0.636. The van der Waals surface area contributed by atoms with Crippen molar-refractivity contribution < 1.29 is 14.3 Å². The third-order valence-electron chi connectivity index (χ3n) is 3.71. The number of hydrogen-bond acceptors (Lipinski definition) is 3. The lowest BCUT2D eigenvalue weighted by atomic mass is 10.1. The van der Waals surface area contributed by atoms with Crippen LogP contribution in [-0.4, -0.2) is 25.0 Å². The number of hydrogen-bond donors (Lipinski definition) is 2. The summed E-state index contributed by atoms with van der Waals surface area (Å²) >= 11 is 0. The molecule has 2 rings (SSSR count). The summed E-state index contributed by atoms with van der Waals surface area (Å²) in [6, 6.07) is 12.5. The van der Waals surface area contributed by atoms with Crippen LogP contribution >= 0.6 is 0 Å². The van der Waals surface area contributed by atoms with E-state index >= 15 is 0 Å². The van der Waals surface area contributed by atoms with E-state index in [-0.39, 0.29) is 11.8 Å². The normalized spacial score (nSPS) is 11.5. The number of amides is 2. The first kappa shape index (κ1) is 17.5. The fraction of sp³-hybridized carbons (Fsp3) is 0.263. The lowest BCUT2D eigenvalue weighted by Crippen LogP contribution is -2.30. The number of benzene rings is 2. The van der Waals surface area contributed by atoms with E-state index in [4.69, 9.17) is 4.74 Å². The maximum Gasteiger partial charge on any atom is 0.265 e. The lowest BCUT2D eigenvalue weighted by Gasteiger charge is -2.18. The Kier molecular flexibility index (Phi) is 5.58. The van der Waals surface area contributed by atoms with Crippen LogP contribution in [0.3, 0.4) is 0 Å². The standard InChI is InChI=1S/C19H22N2O3/c1-12-6-5-7-13(2)17(12)24-14(3)18(22)21-16-10-8-15(9-11-16)19(23)20-4/h5-11,14H,1-4H3,(H,20,23)(H,21,22). The van der Waals surface area contributed by atoms with Gasteiger partial charge in [-0.15, -0.1) is 0 Å². The highest BCUT2D eigenvalue weighted by Crippen LogP contribution is 2.23. The van der Waals surface area contributed by atoms with Crippen molar-refractivity contribution in [3.63, 3.8) is 0 Å². The van der Waals surface area contributed by atoms with Crippen molar-refractivity contribution in [2.24, 2.45) is 0 Å². The van der Waals surface area contributed by atoms with Gasteiger partial charge in [0.2, 0.25) is 0 Å². The molecule has 0 spiro atoms. The second-order valence-corrected chi connectivity index (χ2v) is 5.63. The predicted molar refractivity (Wildman–Crippen MR) is 94.5 cm³/mol. The number of carbonyl (C=O) groups excluding carboxylic acids is 2. The molecule has 1 unspecified atom stereocenters. The summed E-state index contributed by atoms with van der Waals surface area (Å²) in [6.45, 7) is 5.61. The van der Waals surface area contributed by atoms with Crippen LogP contribution in [0.25, 0.3) is 0 Å². The number of aryl methyl sites for hydroxylation is 2. The molecule has 0 aromatic heterocycles. The summed E-state index contributed by atoms with van der Waals surface area (Å²) in [4.78, 5) is 23.8. The van der Waals surface area contributed by atoms with Crippen LogP contribution in [-0.2, 0) is 4.79 Å². The highest BCUT2D eigenvalue weighted by atomic mass is 16.5. The average Bonchev–Trinajstić information content (AvgIpc) is 2.58. The van der Waals surface area contributed by atoms with Crippen LogP contribution in [0.15, 0.2) is 42.5 Å². The molecular weight excluding hydrogens is 304 g/mol. The van der Waals surface area contributed by atoms with Gasteiger partial charge in [0.25, 0.3) is 11.8 Å². The largest absolute Gasteiger partial charge is 0.480 e. The molecule has 2 aromatic rings. The Hall–Kier alpha value is -2.82. The highest BCUT2D eigenvalue weighted by Gasteiger charge is 2.17. The molecule has 2 N–H and O–H groups in total. The molecule has 1 atom stereocenters. The molecule has 126 valence electrons. The minimum Gasteiger partial charge on any atom is -0.480 e. The Labute approximate surface area is 142 Å². The Balaban J connectivity index is 2.02. The third-order valence-corrected chi connectivity index (χ3v) is 3.71. The molecule has 0 radical (unpaired) electrons. The third kappa shape index (κ3) is 4.13. The van der Waals surface area contributed by atoms with Crippen molar-refractivity contribution in [1.29, 1.82) is 0 Å². The molecule has 0 aliphatic carbocycles. The molecule has 2 aromatic carbocycles. The summed E-state index contributed by atoms with van der Waals surface area (Å²) in [5.74, 6) is 0.320. The number of carbonyl (C=O) groups is 2. The first-order valence-corrected chi connectivity index (χ1v) is 7.78. The van der Waals surface area contributed by atoms with Gasteiger partial charge in [0.05, 0.1) is 0 Å². The molecule has 0 fully saturated rings. The summed E-state index contributed by atoms with van der Waals surface area (Å²) in [7, 11) is 1.57. The molecule has 2 amide bonds. The van der Waals surface area contributed by atoms with E-state index in [9.17, 15) is 9.59 Å². The Morgan fingerprint density at radius 3 is 2.12 bits per heavy atom. The lowest BCUT2D eigenvalue weighted by molar-refractivity contribution is -0.122. The van der Waals surface area contributed by atoms with Crippen LogP contribution in [0, 0.1) is 13.8 Å². The van der Waals surface area contributed by atoms with E-state index in [0.29, 0.717) is 11.3 Å². The van der Waals surface area contributed by atoms with Crippen molar-refractivity contribution >= 4 is 17.5 Å². The molecular formula is C19H22N2O3.